The molecule has 0 amide bonds. The lowest BCUT2D eigenvalue weighted by Gasteiger charge is -1.99. The number of nitrogens with zero attached hydrogens (tertiary/aromatic N) is 1. The highest BCUT2D eigenvalue weighted by Gasteiger charge is 2.09. The molecule has 0 fully saturated rings. The number of carbonyl (C=O) groups excluding carboxylic acids is 1. The fourth-order valence-corrected chi connectivity index (χ4v) is 0.644. The highest BCUT2D eigenvalue weighted by molar-refractivity contribution is 5.90. The summed E-state index contributed by atoms with van der Waals surface area (Å²) < 4.78 is 9.51. The van der Waals surface area contributed by atoms with E-state index in [4.69, 9.17) is 9.47 Å². The van der Waals surface area contributed by atoms with Crippen LogP contribution in [0.2, 0.25) is 0 Å². The lowest BCUT2D eigenvalue weighted by atomic mass is 10.5. The molecule has 1 rings (SSSR count). The molecule has 64 valence electrons. The molecule has 0 saturated carbocycles. The summed E-state index contributed by atoms with van der Waals surface area (Å²) in [6, 6.07) is 0. The van der Waals surface area contributed by atoms with E-state index in [1.807, 2.05) is 0 Å². The fourth-order valence-electron chi connectivity index (χ4n) is 0.644. The van der Waals surface area contributed by atoms with Gasteiger partial charge in [0.2, 0.25) is 0 Å². The van der Waals surface area contributed by atoms with Crippen molar-refractivity contribution in [1.29, 1.82) is 0 Å². The van der Waals surface area contributed by atoms with Crippen molar-refractivity contribution in [2.75, 3.05) is 6.61 Å². The number of carbonyl (C=O) groups is 1. The van der Waals surface area contributed by atoms with E-state index in [0.717, 1.165) is 0 Å². The van der Waals surface area contributed by atoms with Crippen LogP contribution in [0.25, 0.3) is 0 Å². The molecule has 1 aliphatic heterocycles. The van der Waals surface area contributed by atoms with Crippen molar-refractivity contribution in [3.63, 3.8) is 0 Å². The number of hydrogen-bond donors (Lipinski definition) is 0. The molecule has 0 aromatic rings. The summed E-state index contributed by atoms with van der Waals surface area (Å²) in [5.41, 5.74) is 0.168. The average Bonchev–Trinajstić information content (AvgIpc) is 2.32. The van der Waals surface area contributed by atoms with E-state index in [1.54, 1.807) is 13.0 Å². The molecule has 0 aliphatic carbocycles. The SMILES string of the molecule is CCOC(=O)C1=COC=CC=N1. The second-order valence-electron chi connectivity index (χ2n) is 1.97. The van der Waals surface area contributed by atoms with Crippen molar-refractivity contribution in [1.82, 2.24) is 0 Å². The van der Waals surface area contributed by atoms with Crippen LogP contribution in [-0.2, 0) is 14.3 Å². The summed E-state index contributed by atoms with van der Waals surface area (Å²) in [7, 11) is 0. The van der Waals surface area contributed by atoms with Crippen LogP contribution in [0.5, 0.6) is 0 Å². The first-order valence-corrected chi connectivity index (χ1v) is 3.56. The standard InChI is InChI=1S/C8H9NO3/c1-2-12-8(10)7-6-11-5-3-4-9-7/h3-6H,2H2,1H3. The van der Waals surface area contributed by atoms with E-state index < -0.39 is 5.97 Å². The summed E-state index contributed by atoms with van der Waals surface area (Å²) in [6.07, 6.45) is 5.73. The van der Waals surface area contributed by atoms with Gasteiger partial charge in [-0.05, 0) is 13.0 Å². The lowest BCUT2D eigenvalue weighted by Crippen LogP contribution is -2.06. The molecular formula is C8H9NO3. The molecule has 1 heterocycles. The Bertz CT molecular complexity index is 253. The Labute approximate surface area is 70.2 Å². The maximum atomic E-state index is 11.0. The molecule has 0 bridgehead atoms. The summed E-state index contributed by atoms with van der Waals surface area (Å²) >= 11 is 0. The third kappa shape index (κ3) is 2.23. The second kappa shape index (κ2) is 4.33. The zero-order chi connectivity index (χ0) is 8.81. The van der Waals surface area contributed by atoms with Crippen LogP contribution >= 0.6 is 0 Å². The molecule has 1 aliphatic rings. The van der Waals surface area contributed by atoms with Crippen LogP contribution < -0.4 is 0 Å². The Kier molecular flexibility index (Phi) is 3.07. The normalized spacial score (nSPS) is 14.6. The van der Waals surface area contributed by atoms with Gasteiger partial charge in [0.1, 0.15) is 6.26 Å². The van der Waals surface area contributed by atoms with E-state index >= 15 is 0 Å². The predicted molar refractivity (Wildman–Crippen MR) is 43.4 cm³/mol. The molecule has 0 aromatic carbocycles. The highest BCUT2D eigenvalue weighted by Crippen LogP contribution is 2.02. The molecule has 12 heavy (non-hydrogen) atoms. The third-order valence-corrected chi connectivity index (χ3v) is 1.12. The first-order chi connectivity index (χ1) is 5.84. The van der Waals surface area contributed by atoms with Gasteiger partial charge in [0.15, 0.2) is 5.70 Å². The largest absolute Gasteiger partial charge is 0.470 e. The fraction of sp³-hybridized carbons (Fsp3) is 0.250. The van der Waals surface area contributed by atoms with Crippen molar-refractivity contribution in [3.8, 4) is 0 Å². The van der Waals surface area contributed by atoms with Gasteiger partial charge in [-0.15, -0.1) is 0 Å². The van der Waals surface area contributed by atoms with Crippen molar-refractivity contribution >= 4 is 12.2 Å². The molecule has 0 saturated heterocycles. The summed E-state index contributed by atoms with van der Waals surface area (Å²) in [6.45, 7) is 2.07. The molecule has 0 radical (unpaired) electrons. The van der Waals surface area contributed by atoms with Crippen molar-refractivity contribution in [2.24, 2.45) is 4.99 Å². The monoisotopic (exact) mass is 167 g/mol. The zero-order valence-electron chi connectivity index (χ0n) is 6.69. The zero-order valence-corrected chi connectivity index (χ0v) is 6.69. The minimum Gasteiger partial charge on any atom is -0.470 e. The van der Waals surface area contributed by atoms with Gasteiger partial charge in [0, 0.05) is 6.21 Å². The van der Waals surface area contributed by atoms with E-state index in [2.05, 4.69) is 4.99 Å². The molecule has 4 nitrogen and oxygen atoms in total. The molecule has 0 spiro atoms. The summed E-state index contributed by atoms with van der Waals surface area (Å²) in [5, 5.41) is 0. The molecule has 4 heteroatoms. The Morgan fingerprint density at radius 2 is 2.58 bits per heavy atom. The van der Waals surface area contributed by atoms with Crippen LogP contribution in [0.3, 0.4) is 0 Å². The highest BCUT2D eigenvalue weighted by atomic mass is 16.5. The van der Waals surface area contributed by atoms with E-state index in [9.17, 15) is 4.79 Å². The van der Waals surface area contributed by atoms with Gasteiger partial charge < -0.3 is 9.47 Å². The predicted octanol–water partition coefficient (Wildman–Crippen LogP) is 1.01. The van der Waals surface area contributed by atoms with Crippen molar-refractivity contribution < 1.29 is 14.3 Å². The van der Waals surface area contributed by atoms with Crippen LogP contribution in [-0.4, -0.2) is 18.8 Å². The van der Waals surface area contributed by atoms with Gasteiger partial charge >= 0.3 is 5.97 Å². The first-order valence-electron chi connectivity index (χ1n) is 3.56. The smallest absolute Gasteiger partial charge is 0.360 e. The van der Waals surface area contributed by atoms with Gasteiger partial charge in [0.25, 0.3) is 0 Å². The Morgan fingerprint density at radius 3 is 3.33 bits per heavy atom. The van der Waals surface area contributed by atoms with Gasteiger partial charge in [0.05, 0.1) is 12.9 Å². The summed E-state index contributed by atoms with van der Waals surface area (Å²) in [5.74, 6) is -0.475. The quantitative estimate of drug-likeness (QED) is 0.576. The number of hydrogen-bond acceptors (Lipinski definition) is 4. The van der Waals surface area contributed by atoms with E-state index in [-0.39, 0.29) is 5.70 Å². The molecule has 0 aromatic heterocycles. The van der Waals surface area contributed by atoms with Crippen molar-refractivity contribution in [3.05, 3.63) is 24.3 Å². The Hall–Kier alpha value is -1.58. The molecule has 0 N–H and O–H groups in total. The van der Waals surface area contributed by atoms with E-state index in [1.165, 1.54) is 18.7 Å². The second-order valence-corrected chi connectivity index (χ2v) is 1.97. The number of ether oxygens (including phenoxy) is 2. The number of esters is 1. The molecular weight excluding hydrogens is 158 g/mol. The topological polar surface area (TPSA) is 47.9 Å². The number of rotatable bonds is 2. The van der Waals surface area contributed by atoms with Crippen LogP contribution in [0.15, 0.2) is 29.3 Å². The van der Waals surface area contributed by atoms with Gasteiger partial charge in [-0.1, -0.05) is 0 Å². The van der Waals surface area contributed by atoms with Crippen molar-refractivity contribution in [2.45, 2.75) is 6.92 Å². The molecule has 0 unspecified atom stereocenters. The average molecular weight is 167 g/mol. The van der Waals surface area contributed by atoms with Gasteiger partial charge in [-0.2, -0.15) is 0 Å². The maximum Gasteiger partial charge on any atom is 0.360 e. The maximum absolute atomic E-state index is 11.0. The van der Waals surface area contributed by atoms with Crippen LogP contribution in [0.4, 0.5) is 0 Å². The lowest BCUT2D eigenvalue weighted by molar-refractivity contribution is -0.138. The Balaban J connectivity index is 2.62. The Morgan fingerprint density at radius 1 is 1.75 bits per heavy atom. The van der Waals surface area contributed by atoms with Crippen LogP contribution in [0, 0.1) is 0 Å². The van der Waals surface area contributed by atoms with Crippen LogP contribution in [0.1, 0.15) is 6.92 Å². The summed E-state index contributed by atoms with van der Waals surface area (Å²) in [4.78, 5) is 14.8. The number of aliphatic imine (C=N–C) groups is 1. The first kappa shape index (κ1) is 8.52. The van der Waals surface area contributed by atoms with Gasteiger partial charge in [-0.3, -0.25) is 0 Å². The molecule has 0 atom stereocenters. The minimum absolute atomic E-state index is 0.168. The van der Waals surface area contributed by atoms with Gasteiger partial charge in [-0.25, -0.2) is 9.79 Å². The minimum atomic E-state index is -0.475. The third-order valence-electron chi connectivity index (χ3n) is 1.12. The number of allylic oxidation sites excluding steroid dienone is 1. The van der Waals surface area contributed by atoms with E-state index in [0.29, 0.717) is 6.61 Å².